The highest BCUT2D eigenvalue weighted by Crippen LogP contribution is 2.30. The van der Waals surface area contributed by atoms with Crippen LogP contribution in [-0.2, 0) is 9.53 Å². The Labute approximate surface area is 113 Å². The van der Waals surface area contributed by atoms with E-state index in [1.165, 1.54) is 18.1 Å². The van der Waals surface area contributed by atoms with Crippen molar-refractivity contribution in [2.75, 3.05) is 12.4 Å². The predicted octanol–water partition coefficient (Wildman–Crippen LogP) is 3.43. The molecule has 0 saturated carbocycles. The van der Waals surface area contributed by atoms with E-state index in [0.717, 1.165) is 16.6 Å². The van der Waals surface area contributed by atoms with Crippen LogP contribution in [0.15, 0.2) is 30.3 Å². The third kappa shape index (κ3) is 2.55. The fourth-order valence-electron chi connectivity index (χ4n) is 2.23. The number of methoxy groups -OCH3 is 1. The first-order valence-electron chi connectivity index (χ1n) is 6.38. The Balaban J connectivity index is 2.52. The van der Waals surface area contributed by atoms with Crippen LogP contribution in [0, 0.1) is 13.8 Å². The van der Waals surface area contributed by atoms with Crippen LogP contribution in [0.1, 0.15) is 18.1 Å². The maximum absolute atomic E-state index is 11.6. The largest absolute Gasteiger partial charge is 0.467 e. The zero-order valence-corrected chi connectivity index (χ0v) is 11.8. The summed E-state index contributed by atoms with van der Waals surface area (Å²) in [5, 5.41) is 5.57. The van der Waals surface area contributed by atoms with E-state index in [-0.39, 0.29) is 12.0 Å². The van der Waals surface area contributed by atoms with Crippen LogP contribution in [0.25, 0.3) is 10.8 Å². The fraction of sp³-hybridized carbons (Fsp3) is 0.312. The molecule has 0 heterocycles. The third-order valence-corrected chi connectivity index (χ3v) is 3.48. The summed E-state index contributed by atoms with van der Waals surface area (Å²) in [5.41, 5.74) is 3.38. The van der Waals surface area contributed by atoms with Gasteiger partial charge in [-0.25, -0.2) is 4.79 Å². The number of fused-ring (bicyclic) bond motifs is 1. The molecule has 0 aromatic heterocycles. The van der Waals surface area contributed by atoms with Gasteiger partial charge in [-0.1, -0.05) is 30.3 Å². The average molecular weight is 257 g/mol. The average Bonchev–Trinajstić information content (AvgIpc) is 2.42. The van der Waals surface area contributed by atoms with Gasteiger partial charge in [0, 0.05) is 11.1 Å². The summed E-state index contributed by atoms with van der Waals surface area (Å²) < 4.78 is 4.76. The molecule has 0 aliphatic heterocycles. The van der Waals surface area contributed by atoms with E-state index in [9.17, 15) is 4.79 Å². The Morgan fingerprint density at radius 2 is 1.95 bits per heavy atom. The molecule has 1 atom stereocenters. The van der Waals surface area contributed by atoms with Gasteiger partial charge in [0.15, 0.2) is 0 Å². The van der Waals surface area contributed by atoms with Gasteiger partial charge in [0.05, 0.1) is 7.11 Å². The number of esters is 1. The van der Waals surface area contributed by atoms with E-state index in [1.807, 2.05) is 19.1 Å². The monoisotopic (exact) mass is 257 g/mol. The van der Waals surface area contributed by atoms with Crippen molar-refractivity contribution in [2.45, 2.75) is 26.8 Å². The molecule has 2 aromatic rings. The number of benzene rings is 2. The molecular formula is C16H19NO2. The highest BCUT2D eigenvalue weighted by Gasteiger charge is 2.16. The van der Waals surface area contributed by atoms with Gasteiger partial charge in [0.1, 0.15) is 6.04 Å². The van der Waals surface area contributed by atoms with Crippen molar-refractivity contribution in [3.05, 3.63) is 41.5 Å². The molecule has 0 aliphatic rings. The Hall–Kier alpha value is -2.03. The molecule has 2 aromatic carbocycles. The second kappa shape index (κ2) is 5.31. The summed E-state index contributed by atoms with van der Waals surface area (Å²) in [4.78, 5) is 11.6. The molecule has 0 bridgehead atoms. The van der Waals surface area contributed by atoms with Crippen LogP contribution in [0.3, 0.4) is 0 Å². The van der Waals surface area contributed by atoms with Gasteiger partial charge in [-0.15, -0.1) is 0 Å². The van der Waals surface area contributed by atoms with Crippen LogP contribution < -0.4 is 5.32 Å². The van der Waals surface area contributed by atoms with E-state index in [0.29, 0.717) is 0 Å². The molecule has 0 radical (unpaired) electrons. The van der Waals surface area contributed by atoms with E-state index >= 15 is 0 Å². The first-order valence-corrected chi connectivity index (χ1v) is 6.38. The van der Waals surface area contributed by atoms with Crippen molar-refractivity contribution in [2.24, 2.45) is 0 Å². The van der Waals surface area contributed by atoms with E-state index in [1.54, 1.807) is 0 Å². The molecule has 100 valence electrons. The molecule has 0 amide bonds. The Bertz CT molecular complexity index is 619. The normalized spacial score (nSPS) is 12.2. The molecule has 0 aliphatic carbocycles. The van der Waals surface area contributed by atoms with Gasteiger partial charge < -0.3 is 10.1 Å². The molecule has 0 spiro atoms. The zero-order valence-electron chi connectivity index (χ0n) is 11.8. The van der Waals surface area contributed by atoms with Gasteiger partial charge >= 0.3 is 5.97 Å². The molecule has 1 unspecified atom stereocenters. The summed E-state index contributed by atoms with van der Waals surface area (Å²) in [5.74, 6) is -0.259. The van der Waals surface area contributed by atoms with Crippen LogP contribution in [0.5, 0.6) is 0 Å². The highest BCUT2D eigenvalue weighted by atomic mass is 16.5. The summed E-state index contributed by atoms with van der Waals surface area (Å²) in [7, 11) is 1.40. The van der Waals surface area contributed by atoms with Crippen LogP contribution in [-0.4, -0.2) is 19.1 Å². The number of anilines is 1. The molecule has 19 heavy (non-hydrogen) atoms. The van der Waals surface area contributed by atoms with E-state index in [2.05, 4.69) is 37.4 Å². The topological polar surface area (TPSA) is 38.3 Å². The van der Waals surface area contributed by atoms with E-state index in [4.69, 9.17) is 4.74 Å². The van der Waals surface area contributed by atoms with E-state index < -0.39 is 0 Å². The van der Waals surface area contributed by atoms with Crippen LogP contribution in [0.4, 0.5) is 5.69 Å². The van der Waals surface area contributed by atoms with Crippen molar-refractivity contribution in [3.63, 3.8) is 0 Å². The lowest BCUT2D eigenvalue weighted by Gasteiger charge is -2.18. The first-order chi connectivity index (χ1) is 9.04. The molecular weight excluding hydrogens is 238 g/mol. The second-order valence-electron chi connectivity index (χ2n) is 4.80. The quantitative estimate of drug-likeness (QED) is 0.856. The molecule has 0 saturated heterocycles. The van der Waals surface area contributed by atoms with Gasteiger partial charge in [-0.05, 0) is 37.3 Å². The number of ether oxygens (including phenoxy) is 1. The third-order valence-electron chi connectivity index (χ3n) is 3.48. The fourth-order valence-corrected chi connectivity index (χ4v) is 2.23. The van der Waals surface area contributed by atoms with Crippen molar-refractivity contribution in [1.82, 2.24) is 0 Å². The zero-order chi connectivity index (χ0) is 14.0. The standard InChI is InChI=1S/C16H19NO2/c1-10-9-13-7-5-6-8-14(13)15(11(10)2)17-12(3)16(18)19-4/h5-9,12,17H,1-4H3. The van der Waals surface area contributed by atoms with Gasteiger partial charge in [-0.2, -0.15) is 0 Å². The lowest BCUT2D eigenvalue weighted by molar-refractivity contribution is -0.141. The summed E-state index contributed by atoms with van der Waals surface area (Å²) >= 11 is 0. The summed E-state index contributed by atoms with van der Waals surface area (Å²) in [6.07, 6.45) is 0. The number of carbonyl (C=O) groups excluding carboxylic acids is 1. The SMILES string of the molecule is COC(=O)C(C)Nc1c(C)c(C)cc2ccccc12. The number of hydrogen-bond acceptors (Lipinski definition) is 3. The molecule has 3 nitrogen and oxygen atoms in total. The van der Waals surface area contributed by atoms with Crippen molar-refractivity contribution < 1.29 is 9.53 Å². The number of carbonyl (C=O) groups is 1. The van der Waals surface area contributed by atoms with Crippen LogP contribution in [0.2, 0.25) is 0 Å². The van der Waals surface area contributed by atoms with Crippen LogP contribution >= 0.6 is 0 Å². The summed E-state index contributed by atoms with van der Waals surface area (Å²) in [6, 6.07) is 9.96. The Morgan fingerprint density at radius 1 is 1.26 bits per heavy atom. The smallest absolute Gasteiger partial charge is 0.327 e. The minimum atomic E-state index is -0.367. The number of rotatable bonds is 3. The van der Waals surface area contributed by atoms with Gasteiger partial charge in [0.2, 0.25) is 0 Å². The van der Waals surface area contributed by atoms with Gasteiger partial charge in [-0.3, -0.25) is 0 Å². The highest BCUT2D eigenvalue weighted by molar-refractivity contribution is 5.97. The molecule has 2 rings (SSSR count). The number of hydrogen-bond donors (Lipinski definition) is 1. The maximum atomic E-state index is 11.6. The lowest BCUT2D eigenvalue weighted by atomic mass is 9.99. The molecule has 1 N–H and O–H groups in total. The number of nitrogens with one attached hydrogen (secondary N) is 1. The second-order valence-corrected chi connectivity index (χ2v) is 4.80. The summed E-state index contributed by atoms with van der Waals surface area (Å²) in [6.45, 7) is 5.95. The number of aryl methyl sites for hydroxylation is 1. The maximum Gasteiger partial charge on any atom is 0.327 e. The van der Waals surface area contributed by atoms with Crippen molar-refractivity contribution in [3.8, 4) is 0 Å². The Kier molecular flexibility index (Phi) is 3.74. The molecule has 3 heteroatoms. The lowest BCUT2D eigenvalue weighted by Crippen LogP contribution is -2.27. The minimum absolute atomic E-state index is 0.259. The van der Waals surface area contributed by atoms with Crippen molar-refractivity contribution >= 4 is 22.4 Å². The molecule has 0 fully saturated rings. The minimum Gasteiger partial charge on any atom is -0.467 e. The van der Waals surface area contributed by atoms with Gasteiger partial charge in [0.25, 0.3) is 0 Å². The predicted molar refractivity (Wildman–Crippen MR) is 78.5 cm³/mol. The first kappa shape index (κ1) is 13.4. The van der Waals surface area contributed by atoms with Crippen molar-refractivity contribution in [1.29, 1.82) is 0 Å². The Morgan fingerprint density at radius 3 is 2.63 bits per heavy atom.